The summed E-state index contributed by atoms with van der Waals surface area (Å²) in [6.07, 6.45) is 1.97. The highest BCUT2D eigenvalue weighted by Crippen LogP contribution is 2.31. The molecule has 0 aliphatic carbocycles. The van der Waals surface area contributed by atoms with Crippen molar-refractivity contribution in [3.8, 4) is 5.75 Å². The van der Waals surface area contributed by atoms with Crippen LogP contribution in [0.1, 0.15) is 19.4 Å². The van der Waals surface area contributed by atoms with Crippen molar-refractivity contribution < 1.29 is 14.3 Å². The number of aromatic nitrogens is 1. The summed E-state index contributed by atoms with van der Waals surface area (Å²) in [7, 11) is 0. The van der Waals surface area contributed by atoms with Crippen LogP contribution in [0.3, 0.4) is 0 Å². The lowest BCUT2D eigenvalue weighted by Gasteiger charge is -2.36. The quantitative estimate of drug-likeness (QED) is 0.875. The number of fused-ring (bicyclic) bond motifs is 1. The van der Waals surface area contributed by atoms with E-state index in [1.54, 1.807) is 18.3 Å². The average Bonchev–Trinajstić information content (AvgIpc) is 3.05. The molecule has 1 aromatic heterocycles. The van der Waals surface area contributed by atoms with Gasteiger partial charge in [-0.2, -0.15) is 0 Å². The largest absolute Gasteiger partial charge is 0.480 e. The number of amides is 1. The third-order valence-electron chi connectivity index (χ3n) is 4.75. The topological polar surface area (TPSA) is 63.7 Å². The van der Waals surface area contributed by atoms with Gasteiger partial charge in [-0.25, -0.2) is 4.98 Å². The summed E-state index contributed by atoms with van der Waals surface area (Å²) in [5, 5.41) is 3.52. The van der Waals surface area contributed by atoms with Gasteiger partial charge < -0.3 is 19.7 Å². The first-order valence-corrected chi connectivity index (χ1v) is 9.48. The molecule has 3 atom stereocenters. The number of anilines is 2. The van der Waals surface area contributed by atoms with Crippen molar-refractivity contribution in [2.75, 3.05) is 23.3 Å². The van der Waals surface area contributed by atoms with Gasteiger partial charge in [0.1, 0.15) is 11.6 Å². The molecule has 1 N–H and O–H groups in total. The summed E-state index contributed by atoms with van der Waals surface area (Å²) < 4.78 is 11.5. The molecule has 0 radical (unpaired) electrons. The van der Waals surface area contributed by atoms with Gasteiger partial charge in [0.25, 0.3) is 5.91 Å². The van der Waals surface area contributed by atoms with Crippen molar-refractivity contribution >= 4 is 29.0 Å². The SMILES string of the molecule is C[C@@H]1CN(c2ccc(NC(=O)[C@@H]3Cc4cc(Cl)ccc4O3)cn2)C[C@H](C)O1. The second-order valence-corrected chi connectivity index (χ2v) is 7.56. The summed E-state index contributed by atoms with van der Waals surface area (Å²) in [5.74, 6) is 1.41. The van der Waals surface area contributed by atoms with Crippen LogP contribution >= 0.6 is 11.6 Å². The maximum absolute atomic E-state index is 12.5. The Balaban J connectivity index is 1.38. The van der Waals surface area contributed by atoms with Gasteiger partial charge in [-0.15, -0.1) is 0 Å². The molecular formula is C20H22ClN3O3. The molecule has 1 aromatic carbocycles. The number of rotatable bonds is 3. The van der Waals surface area contributed by atoms with Gasteiger partial charge in [-0.05, 0) is 49.7 Å². The monoisotopic (exact) mass is 387 g/mol. The van der Waals surface area contributed by atoms with Crippen LogP contribution in [-0.4, -0.2) is 42.3 Å². The molecule has 7 heteroatoms. The molecule has 1 saturated heterocycles. The summed E-state index contributed by atoms with van der Waals surface area (Å²) in [6, 6.07) is 9.18. The van der Waals surface area contributed by atoms with E-state index in [-0.39, 0.29) is 18.1 Å². The zero-order valence-electron chi connectivity index (χ0n) is 15.3. The molecular weight excluding hydrogens is 366 g/mol. The fraction of sp³-hybridized carbons (Fsp3) is 0.400. The number of pyridine rings is 1. The number of carbonyl (C=O) groups is 1. The Morgan fingerprint density at radius 2 is 2.00 bits per heavy atom. The van der Waals surface area contributed by atoms with E-state index in [1.807, 2.05) is 18.2 Å². The minimum Gasteiger partial charge on any atom is -0.480 e. The Hall–Kier alpha value is -2.31. The van der Waals surface area contributed by atoms with Gasteiger partial charge in [0, 0.05) is 24.5 Å². The van der Waals surface area contributed by atoms with Crippen molar-refractivity contribution in [2.24, 2.45) is 0 Å². The number of hydrogen-bond acceptors (Lipinski definition) is 5. The predicted octanol–water partition coefficient (Wildman–Crippen LogP) is 3.29. The molecule has 1 fully saturated rings. The third kappa shape index (κ3) is 4.01. The zero-order chi connectivity index (χ0) is 19.0. The molecule has 2 aliphatic rings. The number of benzene rings is 1. The van der Waals surface area contributed by atoms with Crippen molar-refractivity contribution in [3.63, 3.8) is 0 Å². The van der Waals surface area contributed by atoms with Crippen molar-refractivity contribution in [3.05, 3.63) is 47.1 Å². The summed E-state index contributed by atoms with van der Waals surface area (Å²) in [4.78, 5) is 19.2. The molecule has 0 spiro atoms. The van der Waals surface area contributed by atoms with Crippen molar-refractivity contribution in [2.45, 2.75) is 38.6 Å². The molecule has 4 rings (SSSR count). The molecule has 3 heterocycles. The predicted molar refractivity (Wildman–Crippen MR) is 105 cm³/mol. The standard InChI is InChI=1S/C20H22ClN3O3/c1-12-10-24(11-13(2)26-12)19-6-4-16(9-22-19)23-20(25)18-8-14-7-15(21)3-5-17(14)27-18/h3-7,9,12-13,18H,8,10-11H2,1-2H3,(H,23,25)/t12-,13+,18-/m0/s1. The van der Waals surface area contributed by atoms with E-state index in [0.29, 0.717) is 22.9 Å². The summed E-state index contributed by atoms with van der Waals surface area (Å²) in [5.41, 5.74) is 1.60. The second-order valence-electron chi connectivity index (χ2n) is 7.12. The van der Waals surface area contributed by atoms with Crippen LogP contribution in [0.2, 0.25) is 5.02 Å². The molecule has 6 nitrogen and oxygen atoms in total. The van der Waals surface area contributed by atoms with Crippen LogP contribution in [0.15, 0.2) is 36.5 Å². The first-order valence-electron chi connectivity index (χ1n) is 9.10. The first-order chi connectivity index (χ1) is 13.0. The fourth-order valence-electron chi connectivity index (χ4n) is 3.60. The fourth-order valence-corrected chi connectivity index (χ4v) is 3.79. The average molecular weight is 388 g/mol. The lowest BCUT2D eigenvalue weighted by Crippen LogP contribution is -2.45. The lowest BCUT2D eigenvalue weighted by atomic mass is 10.1. The Bertz CT molecular complexity index is 833. The van der Waals surface area contributed by atoms with Gasteiger partial charge in [0.05, 0.1) is 24.1 Å². The molecule has 142 valence electrons. The molecule has 1 amide bonds. The molecule has 0 bridgehead atoms. The van der Waals surface area contributed by atoms with Crippen molar-refractivity contribution in [1.82, 2.24) is 4.98 Å². The minimum atomic E-state index is -0.556. The van der Waals surface area contributed by atoms with E-state index in [0.717, 1.165) is 24.5 Å². The Labute approximate surface area is 163 Å². The number of hydrogen-bond donors (Lipinski definition) is 1. The highest BCUT2D eigenvalue weighted by atomic mass is 35.5. The molecule has 2 aliphatic heterocycles. The number of ether oxygens (including phenoxy) is 2. The lowest BCUT2D eigenvalue weighted by molar-refractivity contribution is -0.122. The van der Waals surface area contributed by atoms with Gasteiger partial charge >= 0.3 is 0 Å². The van der Waals surface area contributed by atoms with Crippen LogP contribution in [0.4, 0.5) is 11.5 Å². The van der Waals surface area contributed by atoms with E-state index in [1.165, 1.54) is 0 Å². The molecule has 2 aromatic rings. The highest BCUT2D eigenvalue weighted by molar-refractivity contribution is 6.30. The van der Waals surface area contributed by atoms with Gasteiger partial charge in [0.2, 0.25) is 0 Å². The Morgan fingerprint density at radius 3 is 2.70 bits per heavy atom. The van der Waals surface area contributed by atoms with Gasteiger partial charge in [0.15, 0.2) is 6.10 Å². The summed E-state index contributed by atoms with van der Waals surface area (Å²) >= 11 is 6.00. The highest BCUT2D eigenvalue weighted by Gasteiger charge is 2.29. The molecule has 0 unspecified atom stereocenters. The first kappa shape index (κ1) is 18.1. The normalized spacial score (nSPS) is 24.3. The third-order valence-corrected chi connectivity index (χ3v) is 4.98. The molecule has 27 heavy (non-hydrogen) atoms. The van der Waals surface area contributed by atoms with Gasteiger partial charge in [-0.3, -0.25) is 4.79 Å². The van der Waals surface area contributed by atoms with Crippen LogP contribution in [0, 0.1) is 0 Å². The van der Waals surface area contributed by atoms with Crippen LogP contribution in [0.5, 0.6) is 5.75 Å². The van der Waals surface area contributed by atoms with Gasteiger partial charge in [-0.1, -0.05) is 11.6 Å². The number of carbonyl (C=O) groups excluding carboxylic acids is 1. The Kier molecular flexibility index (Phi) is 4.93. The van der Waals surface area contributed by atoms with E-state index in [4.69, 9.17) is 21.1 Å². The number of halogens is 1. The smallest absolute Gasteiger partial charge is 0.265 e. The van der Waals surface area contributed by atoms with E-state index in [9.17, 15) is 4.79 Å². The van der Waals surface area contributed by atoms with E-state index in [2.05, 4.69) is 29.0 Å². The maximum atomic E-state index is 12.5. The maximum Gasteiger partial charge on any atom is 0.265 e. The van der Waals surface area contributed by atoms with Crippen molar-refractivity contribution in [1.29, 1.82) is 0 Å². The van der Waals surface area contributed by atoms with E-state index >= 15 is 0 Å². The number of nitrogens with zero attached hydrogens (tertiary/aromatic N) is 2. The zero-order valence-corrected chi connectivity index (χ0v) is 16.1. The number of nitrogens with one attached hydrogen (secondary N) is 1. The molecule has 0 saturated carbocycles. The minimum absolute atomic E-state index is 0.171. The van der Waals surface area contributed by atoms with Crippen LogP contribution in [0.25, 0.3) is 0 Å². The Morgan fingerprint density at radius 1 is 1.22 bits per heavy atom. The second kappa shape index (κ2) is 7.37. The van der Waals surface area contributed by atoms with Crippen LogP contribution in [-0.2, 0) is 16.0 Å². The van der Waals surface area contributed by atoms with Crippen LogP contribution < -0.4 is 15.0 Å². The summed E-state index contributed by atoms with van der Waals surface area (Å²) in [6.45, 7) is 5.73. The van der Waals surface area contributed by atoms with E-state index < -0.39 is 6.10 Å². The number of morpholine rings is 1.